The fourth-order valence-electron chi connectivity index (χ4n) is 1.43. The number of phenolic OH excluding ortho intramolecular Hbond substituents is 1. The summed E-state index contributed by atoms with van der Waals surface area (Å²) in [5.41, 5.74) is 1.14. The predicted molar refractivity (Wildman–Crippen MR) is 73.4 cm³/mol. The van der Waals surface area contributed by atoms with E-state index in [1.807, 2.05) is 12.1 Å². The van der Waals surface area contributed by atoms with Crippen molar-refractivity contribution in [3.8, 4) is 5.75 Å². The smallest absolute Gasteiger partial charge is 0.138 e. The summed E-state index contributed by atoms with van der Waals surface area (Å²) >= 11 is 5.85. The van der Waals surface area contributed by atoms with Gasteiger partial charge < -0.3 is 10.4 Å². The first-order valence-electron chi connectivity index (χ1n) is 5.99. The average molecular weight is 256 g/mol. The third kappa shape index (κ3) is 4.21. The van der Waals surface area contributed by atoms with E-state index in [4.69, 9.17) is 11.6 Å². The number of aromatic hydroxyl groups is 1. The summed E-state index contributed by atoms with van der Waals surface area (Å²) in [4.78, 5) is 0. The van der Waals surface area contributed by atoms with Gasteiger partial charge in [-0.2, -0.15) is 0 Å². The van der Waals surface area contributed by atoms with Crippen molar-refractivity contribution in [3.63, 3.8) is 0 Å². The van der Waals surface area contributed by atoms with E-state index < -0.39 is 0 Å². The van der Waals surface area contributed by atoms with Crippen LogP contribution < -0.4 is 5.32 Å². The topological polar surface area (TPSA) is 32.3 Å². The van der Waals surface area contributed by atoms with E-state index in [-0.39, 0.29) is 5.75 Å². The van der Waals surface area contributed by atoms with Crippen molar-refractivity contribution >= 4 is 11.6 Å². The largest absolute Gasteiger partial charge is 0.506 e. The van der Waals surface area contributed by atoms with Gasteiger partial charge in [0, 0.05) is 12.1 Å². The van der Waals surface area contributed by atoms with Gasteiger partial charge in [0.2, 0.25) is 0 Å². The number of hydrogen-bond donors (Lipinski definition) is 2. The summed E-state index contributed by atoms with van der Waals surface area (Å²) in [5, 5.41) is 13.5. The maximum Gasteiger partial charge on any atom is 0.138 e. The van der Waals surface area contributed by atoms with Crippen LogP contribution in [0.1, 0.15) is 33.3 Å². The van der Waals surface area contributed by atoms with Gasteiger partial charge in [-0.3, -0.25) is 0 Å². The average Bonchev–Trinajstić information content (AvgIpc) is 2.22. The highest BCUT2D eigenvalue weighted by Crippen LogP contribution is 2.27. The van der Waals surface area contributed by atoms with Crippen molar-refractivity contribution in [2.75, 3.05) is 6.54 Å². The van der Waals surface area contributed by atoms with Gasteiger partial charge in [-0.15, -0.1) is 0 Å². The molecular formula is C14H22ClNO. The summed E-state index contributed by atoms with van der Waals surface area (Å²) in [6.07, 6.45) is 0. The molecule has 96 valence electrons. The molecule has 1 aromatic carbocycles. The molecule has 0 heterocycles. The lowest BCUT2D eigenvalue weighted by atomic mass is 9.82. The third-order valence-corrected chi connectivity index (χ3v) is 3.62. The van der Waals surface area contributed by atoms with Crippen molar-refractivity contribution in [1.29, 1.82) is 0 Å². The molecule has 0 amide bonds. The van der Waals surface area contributed by atoms with Crippen molar-refractivity contribution in [1.82, 2.24) is 5.32 Å². The second-order valence-corrected chi connectivity index (χ2v) is 6.05. The summed E-state index contributed by atoms with van der Waals surface area (Å²) < 4.78 is 0. The molecule has 0 radical (unpaired) electrons. The maximum atomic E-state index is 9.75. The zero-order valence-corrected chi connectivity index (χ0v) is 11.8. The van der Waals surface area contributed by atoms with E-state index in [9.17, 15) is 5.11 Å². The molecule has 2 nitrogen and oxygen atoms in total. The van der Waals surface area contributed by atoms with Crippen molar-refractivity contribution in [2.45, 2.75) is 34.2 Å². The molecule has 1 rings (SSSR count). The molecule has 0 saturated heterocycles. The van der Waals surface area contributed by atoms with Gasteiger partial charge >= 0.3 is 0 Å². The zero-order chi connectivity index (χ0) is 13.1. The molecule has 0 spiro atoms. The first kappa shape index (κ1) is 14.3. The molecule has 1 unspecified atom stereocenters. The number of rotatable bonds is 4. The Morgan fingerprint density at radius 1 is 1.35 bits per heavy atom. The van der Waals surface area contributed by atoms with Gasteiger partial charge in [0.15, 0.2) is 0 Å². The van der Waals surface area contributed by atoms with E-state index in [0.717, 1.165) is 12.1 Å². The number of para-hydroxylation sites is 1. The van der Waals surface area contributed by atoms with E-state index in [1.54, 1.807) is 6.07 Å². The van der Waals surface area contributed by atoms with Gasteiger partial charge in [-0.1, -0.05) is 51.4 Å². The molecule has 0 saturated carbocycles. The first-order chi connectivity index (χ1) is 7.82. The minimum atomic E-state index is 0.185. The second-order valence-electron chi connectivity index (χ2n) is 5.65. The molecule has 0 aliphatic rings. The molecule has 1 atom stereocenters. The molecular weight excluding hydrogens is 234 g/mol. The highest BCUT2D eigenvalue weighted by atomic mass is 35.5. The summed E-state index contributed by atoms with van der Waals surface area (Å²) in [6, 6.07) is 5.43. The number of nitrogens with one attached hydrogen (secondary N) is 1. The normalized spacial score (nSPS) is 13.7. The van der Waals surface area contributed by atoms with Crippen LogP contribution in [0, 0.1) is 11.3 Å². The van der Waals surface area contributed by atoms with Crippen LogP contribution in [-0.2, 0) is 6.54 Å². The van der Waals surface area contributed by atoms with E-state index >= 15 is 0 Å². The van der Waals surface area contributed by atoms with Gasteiger partial charge in [0.25, 0.3) is 0 Å². The number of benzene rings is 1. The van der Waals surface area contributed by atoms with E-state index in [0.29, 0.717) is 22.9 Å². The first-order valence-corrected chi connectivity index (χ1v) is 6.37. The maximum absolute atomic E-state index is 9.75. The zero-order valence-electron chi connectivity index (χ0n) is 11.0. The Morgan fingerprint density at radius 2 is 2.00 bits per heavy atom. The molecule has 1 aromatic rings. The van der Waals surface area contributed by atoms with Crippen LogP contribution in [0.2, 0.25) is 5.02 Å². The fraction of sp³-hybridized carbons (Fsp3) is 0.571. The van der Waals surface area contributed by atoms with Crippen molar-refractivity contribution in [2.24, 2.45) is 11.3 Å². The monoisotopic (exact) mass is 255 g/mol. The number of hydrogen-bond acceptors (Lipinski definition) is 2. The summed E-state index contributed by atoms with van der Waals surface area (Å²) in [5.74, 6) is 0.758. The predicted octanol–water partition coefficient (Wildman–Crippen LogP) is 3.82. The molecule has 0 fully saturated rings. The van der Waals surface area contributed by atoms with Gasteiger partial charge in [0.05, 0.1) is 5.02 Å². The Kier molecular flexibility index (Phi) is 4.84. The Bertz CT molecular complexity index is 371. The van der Waals surface area contributed by atoms with Crippen molar-refractivity contribution in [3.05, 3.63) is 28.8 Å². The fourth-order valence-corrected chi connectivity index (χ4v) is 1.63. The molecule has 0 aromatic heterocycles. The lowest BCUT2D eigenvalue weighted by Gasteiger charge is -2.27. The third-order valence-electron chi connectivity index (χ3n) is 3.31. The SMILES string of the molecule is CC(CNCc1cccc(Cl)c1O)C(C)(C)C. The number of phenols is 1. The highest BCUT2D eigenvalue weighted by Gasteiger charge is 2.19. The van der Waals surface area contributed by atoms with E-state index in [2.05, 4.69) is 33.0 Å². The Labute approximate surface area is 109 Å². The lowest BCUT2D eigenvalue weighted by molar-refractivity contribution is 0.252. The molecule has 3 heteroatoms. The molecule has 2 N–H and O–H groups in total. The summed E-state index contributed by atoms with van der Waals surface area (Å²) in [6.45, 7) is 10.5. The van der Waals surface area contributed by atoms with Gasteiger partial charge in [-0.05, 0) is 23.9 Å². The molecule has 0 aliphatic heterocycles. The van der Waals surface area contributed by atoms with Gasteiger partial charge in [-0.25, -0.2) is 0 Å². The van der Waals surface area contributed by atoms with Crippen LogP contribution in [0.25, 0.3) is 0 Å². The molecule has 0 aliphatic carbocycles. The van der Waals surface area contributed by atoms with Crippen LogP contribution in [0.3, 0.4) is 0 Å². The Balaban J connectivity index is 2.49. The Morgan fingerprint density at radius 3 is 2.59 bits per heavy atom. The van der Waals surface area contributed by atoms with E-state index in [1.165, 1.54) is 0 Å². The van der Waals surface area contributed by atoms with Crippen LogP contribution >= 0.6 is 11.6 Å². The number of halogens is 1. The summed E-state index contributed by atoms with van der Waals surface area (Å²) in [7, 11) is 0. The molecule has 17 heavy (non-hydrogen) atoms. The lowest BCUT2D eigenvalue weighted by Crippen LogP contribution is -2.29. The van der Waals surface area contributed by atoms with Crippen molar-refractivity contribution < 1.29 is 5.11 Å². The minimum absolute atomic E-state index is 0.185. The quantitative estimate of drug-likeness (QED) is 0.857. The van der Waals surface area contributed by atoms with Crippen LogP contribution in [0.4, 0.5) is 0 Å². The van der Waals surface area contributed by atoms with Crippen LogP contribution in [0.5, 0.6) is 5.75 Å². The van der Waals surface area contributed by atoms with Crippen LogP contribution in [-0.4, -0.2) is 11.7 Å². The standard InChI is InChI=1S/C14H22ClNO/c1-10(14(2,3)4)8-16-9-11-6-5-7-12(15)13(11)17/h5-7,10,16-17H,8-9H2,1-4H3. The van der Waals surface area contributed by atoms with Crippen LogP contribution in [0.15, 0.2) is 18.2 Å². The highest BCUT2D eigenvalue weighted by molar-refractivity contribution is 6.32. The second kappa shape index (κ2) is 5.74. The molecule has 0 bridgehead atoms. The Hall–Kier alpha value is -0.730. The minimum Gasteiger partial charge on any atom is -0.506 e. The van der Waals surface area contributed by atoms with Gasteiger partial charge in [0.1, 0.15) is 5.75 Å².